The summed E-state index contributed by atoms with van der Waals surface area (Å²) in [5.41, 5.74) is 8.01. The lowest BCUT2D eigenvalue weighted by Gasteiger charge is -2.17. The van der Waals surface area contributed by atoms with Crippen molar-refractivity contribution in [3.05, 3.63) is 64.2 Å². The van der Waals surface area contributed by atoms with Gasteiger partial charge in [0.1, 0.15) is 6.04 Å². The summed E-state index contributed by atoms with van der Waals surface area (Å²) in [6.07, 6.45) is -0.0211. The number of benzene rings is 2. The molecule has 0 aromatic heterocycles. The number of hydrogen-bond acceptors (Lipinski definition) is 4. The molecule has 3 amide bonds. The molecule has 0 bridgehead atoms. The third kappa shape index (κ3) is 3.76. The van der Waals surface area contributed by atoms with Crippen molar-refractivity contribution in [1.82, 2.24) is 10.9 Å². The van der Waals surface area contributed by atoms with Crippen LogP contribution >= 0.6 is 11.6 Å². The lowest BCUT2D eigenvalue weighted by atomic mass is 10.1. The van der Waals surface area contributed by atoms with Gasteiger partial charge in [-0.3, -0.25) is 19.8 Å². The molecule has 6 nitrogen and oxygen atoms in total. The molecule has 0 saturated carbocycles. The number of nitrogens with zero attached hydrogens (tertiary/aromatic N) is 1. The SMILES string of the molecule is Cc1cc(C)cc(N2C(=O)C[C@@H](NNC(=O)c3ccc(Cl)cc3)C2=O)c1. The van der Waals surface area contributed by atoms with Crippen molar-refractivity contribution < 1.29 is 14.4 Å². The second-order valence-corrected chi connectivity index (χ2v) is 6.71. The number of anilines is 1. The van der Waals surface area contributed by atoms with Crippen molar-refractivity contribution in [2.24, 2.45) is 0 Å². The summed E-state index contributed by atoms with van der Waals surface area (Å²) in [6, 6.07) is 11.1. The van der Waals surface area contributed by atoms with Gasteiger partial charge in [0.05, 0.1) is 12.1 Å². The summed E-state index contributed by atoms with van der Waals surface area (Å²) in [5.74, 6) is -1.11. The van der Waals surface area contributed by atoms with E-state index in [0.29, 0.717) is 16.3 Å². The Balaban J connectivity index is 1.69. The van der Waals surface area contributed by atoms with E-state index in [2.05, 4.69) is 10.9 Å². The topological polar surface area (TPSA) is 78.5 Å². The van der Waals surface area contributed by atoms with Gasteiger partial charge in [0.15, 0.2) is 0 Å². The van der Waals surface area contributed by atoms with Gasteiger partial charge in [-0.25, -0.2) is 10.3 Å². The van der Waals surface area contributed by atoms with Crippen LogP contribution in [0.2, 0.25) is 5.02 Å². The van der Waals surface area contributed by atoms with Crippen LogP contribution in [0.5, 0.6) is 0 Å². The van der Waals surface area contributed by atoms with E-state index in [-0.39, 0.29) is 12.3 Å². The highest BCUT2D eigenvalue weighted by atomic mass is 35.5. The van der Waals surface area contributed by atoms with Crippen LogP contribution in [-0.2, 0) is 9.59 Å². The Kier molecular flexibility index (Phi) is 5.06. The smallest absolute Gasteiger partial charge is 0.265 e. The lowest BCUT2D eigenvalue weighted by molar-refractivity contribution is -0.121. The summed E-state index contributed by atoms with van der Waals surface area (Å²) in [7, 11) is 0. The third-order valence-electron chi connectivity index (χ3n) is 4.08. The van der Waals surface area contributed by atoms with Gasteiger partial charge in [-0.2, -0.15) is 0 Å². The monoisotopic (exact) mass is 371 g/mol. The summed E-state index contributed by atoms with van der Waals surface area (Å²) in [5, 5.41) is 0.523. The molecule has 7 heteroatoms. The molecule has 1 aliphatic rings. The molecule has 134 valence electrons. The second kappa shape index (κ2) is 7.27. The first-order chi connectivity index (χ1) is 12.3. The molecule has 2 aromatic carbocycles. The van der Waals surface area contributed by atoms with Gasteiger partial charge in [0.2, 0.25) is 5.91 Å². The summed E-state index contributed by atoms with van der Waals surface area (Å²) in [6.45, 7) is 3.81. The van der Waals surface area contributed by atoms with Gasteiger partial charge < -0.3 is 0 Å². The standard InChI is InChI=1S/C19H18ClN3O3/c1-11-7-12(2)9-15(8-11)23-17(24)10-16(19(23)26)21-22-18(25)13-3-5-14(20)6-4-13/h3-9,16,21H,10H2,1-2H3,(H,22,25)/t16-/m1/s1. The minimum Gasteiger partial charge on any atom is -0.287 e. The molecule has 1 fully saturated rings. The van der Waals surface area contributed by atoms with Gasteiger partial charge in [0, 0.05) is 10.6 Å². The number of carbonyl (C=O) groups excluding carboxylic acids is 3. The molecule has 0 unspecified atom stereocenters. The van der Waals surface area contributed by atoms with Crippen LogP contribution in [0, 0.1) is 13.8 Å². The van der Waals surface area contributed by atoms with Crippen LogP contribution in [0.1, 0.15) is 27.9 Å². The summed E-state index contributed by atoms with van der Waals surface area (Å²) in [4.78, 5) is 38.2. The zero-order valence-corrected chi connectivity index (χ0v) is 15.1. The zero-order chi connectivity index (χ0) is 18.8. The molecule has 1 saturated heterocycles. The maximum Gasteiger partial charge on any atom is 0.265 e. The Morgan fingerprint density at radius 3 is 2.31 bits per heavy atom. The quantitative estimate of drug-likeness (QED) is 0.639. The molecule has 2 N–H and O–H groups in total. The van der Waals surface area contributed by atoms with Crippen LogP contribution in [-0.4, -0.2) is 23.8 Å². The molecular weight excluding hydrogens is 354 g/mol. The molecule has 3 rings (SSSR count). The first kappa shape index (κ1) is 18.1. The number of amides is 3. The van der Waals surface area contributed by atoms with Crippen LogP contribution < -0.4 is 15.8 Å². The summed E-state index contributed by atoms with van der Waals surface area (Å²) < 4.78 is 0. The van der Waals surface area contributed by atoms with Crippen molar-refractivity contribution in [2.45, 2.75) is 26.3 Å². The molecule has 1 atom stereocenters. The van der Waals surface area contributed by atoms with Crippen molar-refractivity contribution in [3.8, 4) is 0 Å². The van der Waals surface area contributed by atoms with Crippen molar-refractivity contribution >= 4 is 35.0 Å². The van der Waals surface area contributed by atoms with Crippen molar-refractivity contribution in [1.29, 1.82) is 0 Å². The first-order valence-corrected chi connectivity index (χ1v) is 8.49. The van der Waals surface area contributed by atoms with E-state index >= 15 is 0 Å². The number of hydrogen-bond donors (Lipinski definition) is 2. The van der Waals surface area contributed by atoms with Gasteiger partial charge in [-0.15, -0.1) is 0 Å². The Morgan fingerprint density at radius 2 is 1.69 bits per heavy atom. The molecule has 26 heavy (non-hydrogen) atoms. The van der Waals surface area contributed by atoms with Crippen LogP contribution in [0.4, 0.5) is 5.69 Å². The van der Waals surface area contributed by atoms with Crippen LogP contribution in [0.15, 0.2) is 42.5 Å². The van der Waals surface area contributed by atoms with E-state index in [9.17, 15) is 14.4 Å². The Labute approximate surface area is 156 Å². The normalized spacial score (nSPS) is 16.9. The number of nitrogens with one attached hydrogen (secondary N) is 2. The summed E-state index contributed by atoms with van der Waals surface area (Å²) >= 11 is 5.79. The van der Waals surface area contributed by atoms with E-state index < -0.39 is 17.9 Å². The molecule has 0 spiro atoms. The van der Waals surface area contributed by atoms with E-state index in [4.69, 9.17) is 11.6 Å². The molecule has 1 aliphatic heterocycles. The molecule has 0 radical (unpaired) electrons. The van der Waals surface area contributed by atoms with Gasteiger partial charge >= 0.3 is 0 Å². The molecular formula is C19H18ClN3O3. The van der Waals surface area contributed by atoms with Crippen molar-refractivity contribution in [2.75, 3.05) is 4.90 Å². The predicted octanol–water partition coefficient (Wildman–Crippen LogP) is 2.52. The fraction of sp³-hybridized carbons (Fsp3) is 0.211. The molecule has 1 heterocycles. The van der Waals surface area contributed by atoms with E-state index in [1.807, 2.05) is 19.9 Å². The first-order valence-electron chi connectivity index (χ1n) is 8.11. The largest absolute Gasteiger partial charge is 0.287 e. The predicted molar refractivity (Wildman–Crippen MR) is 98.9 cm³/mol. The minimum absolute atomic E-state index is 0.0211. The maximum atomic E-state index is 12.6. The number of rotatable bonds is 4. The highest BCUT2D eigenvalue weighted by molar-refractivity contribution is 6.30. The second-order valence-electron chi connectivity index (χ2n) is 6.28. The number of carbonyl (C=O) groups is 3. The average Bonchev–Trinajstić information content (AvgIpc) is 2.86. The molecule has 0 aliphatic carbocycles. The Morgan fingerprint density at radius 1 is 1.08 bits per heavy atom. The maximum absolute atomic E-state index is 12.6. The third-order valence-corrected chi connectivity index (χ3v) is 4.33. The van der Waals surface area contributed by atoms with E-state index in [1.165, 1.54) is 0 Å². The van der Waals surface area contributed by atoms with Gasteiger partial charge in [-0.1, -0.05) is 17.7 Å². The van der Waals surface area contributed by atoms with Gasteiger partial charge in [0.25, 0.3) is 11.8 Å². The molecule has 2 aromatic rings. The minimum atomic E-state index is -0.806. The number of imide groups is 1. The van der Waals surface area contributed by atoms with E-state index in [0.717, 1.165) is 16.0 Å². The highest BCUT2D eigenvalue weighted by Crippen LogP contribution is 2.25. The average molecular weight is 372 g/mol. The van der Waals surface area contributed by atoms with Crippen LogP contribution in [0.3, 0.4) is 0 Å². The van der Waals surface area contributed by atoms with Gasteiger partial charge in [-0.05, 0) is 61.4 Å². The van der Waals surface area contributed by atoms with E-state index in [1.54, 1.807) is 36.4 Å². The number of hydrazine groups is 1. The number of aryl methyl sites for hydroxylation is 2. The Bertz CT molecular complexity index is 860. The lowest BCUT2D eigenvalue weighted by Crippen LogP contribution is -2.48. The van der Waals surface area contributed by atoms with Crippen molar-refractivity contribution in [3.63, 3.8) is 0 Å². The Hall–Kier alpha value is -2.70. The fourth-order valence-corrected chi connectivity index (χ4v) is 3.05. The highest BCUT2D eigenvalue weighted by Gasteiger charge is 2.39. The zero-order valence-electron chi connectivity index (χ0n) is 14.4. The van der Waals surface area contributed by atoms with Crippen LogP contribution in [0.25, 0.3) is 0 Å². The number of halogens is 1. The fourth-order valence-electron chi connectivity index (χ4n) is 2.92.